The van der Waals surface area contributed by atoms with Crippen molar-refractivity contribution in [3.8, 4) is 11.3 Å². The van der Waals surface area contributed by atoms with Crippen molar-refractivity contribution in [2.75, 3.05) is 17.6 Å². The number of alkyl halides is 3. The lowest BCUT2D eigenvalue weighted by Gasteiger charge is -2.40. The number of piperidine rings is 1. The molecule has 1 aromatic carbocycles. The molecule has 1 saturated heterocycles. The number of amides is 2. The molecule has 2 aliphatic rings. The average Bonchev–Trinajstić information content (AvgIpc) is 3.72. The number of rotatable bonds is 5. The number of nitrogens with two attached hydrogens (primary N) is 1. The lowest BCUT2D eigenvalue weighted by molar-refractivity contribution is -0.197. The van der Waals surface area contributed by atoms with E-state index in [1.165, 1.54) is 18.5 Å². The molecule has 4 heterocycles. The maximum absolute atomic E-state index is 13.8. The number of imidazole rings is 1. The topological polar surface area (TPSA) is 119 Å². The molecule has 0 bridgehead atoms. The van der Waals surface area contributed by atoms with Crippen molar-refractivity contribution >= 4 is 29.0 Å². The number of benzene rings is 1. The van der Waals surface area contributed by atoms with Gasteiger partial charge in [-0.25, -0.2) is 19.3 Å². The van der Waals surface area contributed by atoms with E-state index in [4.69, 9.17) is 10.7 Å². The molecule has 1 aliphatic heterocycles. The SMILES string of the molecule is Nc1nccn2c([C@H]3CC[C@H](C(F)(F)F)N(C(=O)C4CC4)C3)nc(-c3ccc(C(=O)Nc4cc(F)ccn4)cc3)c12. The quantitative estimate of drug-likeness (QED) is 0.334. The van der Waals surface area contributed by atoms with Crippen molar-refractivity contribution in [2.24, 2.45) is 5.92 Å². The normalized spacial score (nSPS) is 19.4. The number of hydrogen-bond acceptors (Lipinski definition) is 6. The Bertz CT molecular complexity index is 1630. The minimum absolute atomic E-state index is 0.0668. The number of nitrogen functional groups attached to an aromatic ring is 1. The maximum Gasteiger partial charge on any atom is 0.408 e. The maximum atomic E-state index is 13.8. The number of nitrogens with zero attached hydrogens (tertiary/aromatic N) is 5. The van der Waals surface area contributed by atoms with Crippen LogP contribution in [0.2, 0.25) is 0 Å². The van der Waals surface area contributed by atoms with Crippen LogP contribution in [0.25, 0.3) is 16.8 Å². The second-order valence-corrected chi connectivity index (χ2v) is 10.3. The van der Waals surface area contributed by atoms with E-state index in [0.717, 1.165) is 11.0 Å². The van der Waals surface area contributed by atoms with Crippen LogP contribution in [-0.4, -0.2) is 54.8 Å². The summed E-state index contributed by atoms with van der Waals surface area (Å²) in [6, 6.07) is 6.90. The Kier molecular flexibility index (Phi) is 6.59. The van der Waals surface area contributed by atoms with Crippen LogP contribution in [0.1, 0.15) is 47.8 Å². The molecule has 3 N–H and O–H groups in total. The van der Waals surface area contributed by atoms with Crippen molar-refractivity contribution in [2.45, 2.75) is 43.8 Å². The van der Waals surface area contributed by atoms with Crippen LogP contribution in [0.3, 0.4) is 0 Å². The fourth-order valence-electron chi connectivity index (χ4n) is 5.35. The molecule has 2 fully saturated rings. The highest BCUT2D eigenvalue weighted by molar-refractivity contribution is 6.04. The molecule has 1 aliphatic carbocycles. The standard InChI is InChI=1S/C28H25F4N7O2/c29-19-9-10-34-21(13-19)36-26(40)16-3-1-15(2-4-16)22-23-24(33)35-11-12-38(23)25(37-22)18-7-8-20(28(30,31)32)39(14-18)27(41)17-5-6-17/h1-4,9-13,17-18,20H,5-8,14H2,(H2,33,35)(H,34,36,40)/t18-,20+/m0/s1. The van der Waals surface area contributed by atoms with Gasteiger partial charge in [-0.15, -0.1) is 0 Å². The van der Waals surface area contributed by atoms with Gasteiger partial charge in [0.05, 0.1) is 0 Å². The highest BCUT2D eigenvalue weighted by atomic mass is 19.4. The third-order valence-electron chi connectivity index (χ3n) is 7.53. The first-order chi connectivity index (χ1) is 19.6. The number of halogens is 4. The number of likely N-dealkylation sites (tertiary alicyclic amines) is 1. The third kappa shape index (κ3) is 5.19. The van der Waals surface area contributed by atoms with Crippen molar-refractivity contribution in [3.63, 3.8) is 0 Å². The van der Waals surface area contributed by atoms with Crippen LogP contribution < -0.4 is 11.1 Å². The molecule has 212 valence electrons. The Labute approximate surface area is 231 Å². The Balaban J connectivity index is 1.31. The number of fused-ring (bicyclic) bond motifs is 1. The minimum atomic E-state index is -4.51. The van der Waals surface area contributed by atoms with Gasteiger partial charge in [0, 0.05) is 54.2 Å². The largest absolute Gasteiger partial charge is 0.408 e. The van der Waals surface area contributed by atoms with Crippen LogP contribution in [-0.2, 0) is 4.79 Å². The summed E-state index contributed by atoms with van der Waals surface area (Å²) in [5.74, 6) is -1.56. The summed E-state index contributed by atoms with van der Waals surface area (Å²) < 4.78 is 56.7. The number of carbonyl (C=O) groups excluding carboxylic acids is 2. The summed E-state index contributed by atoms with van der Waals surface area (Å²) in [5, 5.41) is 2.53. The molecule has 6 rings (SSSR count). The van der Waals surface area contributed by atoms with Crippen LogP contribution >= 0.6 is 0 Å². The van der Waals surface area contributed by atoms with Gasteiger partial charge in [-0.3, -0.25) is 14.0 Å². The fraction of sp³-hybridized carbons (Fsp3) is 0.321. The molecule has 2 amide bonds. The van der Waals surface area contributed by atoms with Crippen LogP contribution in [0.15, 0.2) is 55.0 Å². The third-order valence-corrected chi connectivity index (χ3v) is 7.53. The van der Waals surface area contributed by atoms with Gasteiger partial charge in [0.15, 0.2) is 0 Å². The number of aromatic nitrogens is 4. The first-order valence-electron chi connectivity index (χ1n) is 13.1. The molecule has 3 aromatic heterocycles. The number of anilines is 2. The highest BCUT2D eigenvalue weighted by Gasteiger charge is 2.50. The molecule has 0 spiro atoms. The van der Waals surface area contributed by atoms with E-state index in [-0.39, 0.29) is 42.5 Å². The molecule has 13 heteroatoms. The molecule has 4 aromatic rings. The molecule has 0 radical (unpaired) electrons. The molecule has 1 saturated carbocycles. The predicted molar refractivity (Wildman–Crippen MR) is 141 cm³/mol. The van der Waals surface area contributed by atoms with E-state index in [9.17, 15) is 27.2 Å². The Morgan fingerprint density at radius 2 is 1.76 bits per heavy atom. The second-order valence-electron chi connectivity index (χ2n) is 10.3. The van der Waals surface area contributed by atoms with E-state index in [2.05, 4.69) is 15.3 Å². The van der Waals surface area contributed by atoms with E-state index >= 15 is 0 Å². The zero-order valence-electron chi connectivity index (χ0n) is 21.6. The van der Waals surface area contributed by atoms with Crippen LogP contribution in [0.4, 0.5) is 29.2 Å². The van der Waals surface area contributed by atoms with Gasteiger partial charge in [-0.05, 0) is 43.9 Å². The van der Waals surface area contributed by atoms with Crippen molar-refractivity contribution in [1.82, 2.24) is 24.3 Å². The van der Waals surface area contributed by atoms with Crippen molar-refractivity contribution in [1.29, 1.82) is 0 Å². The van der Waals surface area contributed by atoms with Crippen molar-refractivity contribution in [3.05, 3.63) is 72.2 Å². The van der Waals surface area contributed by atoms with Crippen molar-refractivity contribution < 1.29 is 27.2 Å². The Morgan fingerprint density at radius 1 is 1.00 bits per heavy atom. The van der Waals surface area contributed by atoms with Gasteiger partial charge in [-0.2, -0.15) is 13.2 Å². The lowest BCUT2D eigenvalue weighted by atomic mass is 9.91. The molecular weight excluding hydrogens is 542 g/mol. The fourth-order valence-corrected chi connectivity index (χ4v) is 5.35. The average molecular weight is 568 g/mol. The van der Waals surface area contributed by atoms with Gasteiger partial charge in [-0.1, -0.05) is 12.1 Å². The zero-order valence-corrected chi connectivity index (χ0v) is 21.6. The summed E-state index contributed by atoms with van der Waals surface area (Å²) in [7, 11) is 0. The minimum Gasteiger partial charge on any atom is -0.382 e. The summed E-state index contributed by atoms with van der Waals surface area (Å²) in [4.78, 5) is 39.4. The van der Waals surface area contributed by atoms with E-state index in [1.54, 1.807) is 34.9 Å². The summed E-state index contributed by atoms with van der Waals surface area (Å²) in [5.41, 5.74) is 8.04. The number of carbonyl (C=O) groups is 2. The van der Waals surface area contributed by atoms with E-state index < -0.39 is 35.8 Å². The molecule has 2 atom stereocenters. The smallest absolute Gasteiger partial charge is 0.382 e. The molecule has 9 nitrogen and oxygen atoms in total. The molecule has 41 heavy (non-hydrogen) atoms. The second kappa shape index (κ2) is 10.1. The van der Waals surface area contributed by atoms with Gasteiger partial charge >= 0.3 is 6.18 Å². The number of nitrogens with one attached hydrogen (secondary N) is 1. The highest BCUT2D eigenvalue weighted by Crippen LogP contribution is 2.42. The Hall–Kier alpha value is -4.55. The van der Waals surface area contributed by atoms with Crippen LogP contribution in [0.5, 0.6) is 0 Å². The zero-order chi connectivity index (χ0) is 28.9. The summed E-state index contributed by atoms with van der Waals surface area (Å²) in [6.45, 7) is -0.104. The van der Waals surface area contributed by atoms with Crippen LogP contribution in [0, 0.1) is 11.7 Å². The molecular formula is C28H25F4N7O2. The molecule has 0 unspecified atom stereocenters. The first kappa shape index (κ1) is 26.7. The van der Waals surface area contributed by atoms with Gasteiger partial charge < -0.3 is 16.0 Å². The first-order valence-corrected chi connectivity index (χ1v) is 13.1. The number of hydrogen-bond donors (Lipinski definition) is 2. The Morgan fingerprint density at radius 3 is 2.44 bits per heavy atom. The monoisotopic (exact) mass is 567 g/mol. The predicted octanol–water partition coefficient (Wildman–Crippen LogP) is 4.81. The van der Waals surface area contributed by atoms with Gasteiger partial charge in [0.25, 0.3) is 5.91 Å². The lowest BCUT2D eigenvalue weighted by Crippen LogP contribution is -2.53. The van der Waals surface area contributed by atoms with E-state index in [0.29, 0.717) is 35.4 Å². The van der Waals surface area contributed by atoms with E-state index in [1.807, 2.05) is 0 Å². The van der Waals surface area contributed by atoms with Gasteiger partial charge in [0.2, 0.25) is 5.91 Å². The number of pyridine rings is 1. The van der Waals surface area contributed by atoms with Gasteiger partial charge in [0.1, 0.15) is 40.5 Å². The summed E-state index contributed by atoms with van der Waals surface area (Å²) in [6.07, 6.45) is 1.04. The summed E-state index contributed by atoms with van der Waals surface area (Å²) >= 11 is 0.